The second-order valence-corrected chi connectivity index (χ2v) is 10.4. The summed E-state index contributed by atoms with van der Waals surface area (Å²) in [6, 6.07) is 9.95. The molecular formula is C27H30N6O3. The number of nitriles is 1. The first-order valence-electron chi connectivity index (χ1n) is 12.8. The van der Waals surface area contributed by atoms with Crippen LogP contribution in [0.2, 0.25) is 0 Å². The van der Waals surface area contributed by atoms with Gasteiger partial charge in [0.05, 0.1) is 23.5 Å². The second-order valence-electron chi connectivity index (χ2n) is 10.4. The molecule has 36 heavy (non-hydrogen) atoms. The Hall–Kier alpha value is -3.64. The molecule has 2 atom stereocenters. The summed E-state index contributed by atoms with van der Waals surface area (Å²) in [5.41, 5.74) is 2.76. The third-order valence-corrected chi connectivity index (χ3v) is 8.23. The number of hydrogen-bond acceptors (Lipinski definition) is 6. The van der Waals surface area contributed by atoms with Crippen LogP contribution in [0.1, 0.15) is 67.4 Å². The number of rotatable bonds is 4. The monoisotopic (exact) mass is 486 g/mol. The van der Waals surface area contributed by atoms with Crippen molar-refractivity contribution < 1.29 is 9.53 Å². The lowest BCUT2D eigenvalue weighted by Gasteiger charge is -2.41. The number of benzene rings is 1. The van der Waals surface area contributed by atoms with Gasteiger partial charge in [0.25, 0.3) is 11.5 Å². The molecule has 9 heteroatoms. The first-order valence-corrected chi connectivity index (χ1v) is 12.8. The maximum Gasteiger partial charge on any atom is 0.261 e. The molecule has 2 N–H and O–H groups in total. The van der Waals surface area contributed by atoms with Crippen molar-refractivity contribution in [3.8, 4) is 6.07 Å². The Balaban J connectivity index is 1.33. The first kappa shape index (κ1) is 22.8. The van der Waals surface area contributed by atoms with Crippen LogP contribution >= 0.6 is 0 Å². The summed E-state index contributed by atoms with van der Waals surface area (Å²) >= 11 is 0. The number of aromatic amines is 1. The Morgan fingerprint density at radius 1 is 1.19 bits per heavy atom. The van der Waals surface area contributed by atoms with Crippen molar-refractivity contribution in [3.63, 3.8) is 0 Å². The molecule has 2 fully saturated rings. The summed E-state index contributed by atoms with van der Waals surface area (Å²) in [6.07, 6.45) is 7.07. The fourth-order valence-corrected chi connectivity index (χ4v) is 6.05. The van der Waals surface area contributed by atoms with E-state index < -0.39 is 0 Å². The van der Waals surface area contributed by atoms with E-state index in [0.29, 0.717) is 31.0 Å². The SMILES string of the molecule is CC1(N2Cc3cc(Nc4nn(C5CCCCC5C#N)c5cc[nH]c(=O)c45)ccc3C2=O)CCOCC1. The fourth-order valence-electron chi connectivity index (χ4n) is 6.05. The summed E-state index contributed by atoms with van der Waals surface area (Å²) in [4.78, 5) is 30.8. The smallest absolute Gasteiger partial charge is 0.261 e. The van der Waals surface area contributed by atoms with E-state index in [9.17, 15) is 14.9 Å². The Labute approximate surface area is 209 Å². The molecule has 186 valence electrons. The summed E-state index contributed by atoms with van der Waals surface area (Å²) < 4.78 is 7.39. The van der Waals surface area contributed by atoms with Gasteiger partial charge >= 0.3 is 0 Å². The number of hydrogen-bond donors (Lipinski definition) is 2. The Morgan fingerprint density at radius 2 is 2.00 bits per heavy atom. The average molecular weight is 487 g/mol. The van der Waals surface area contributed by atoms with Gasteiger partial charge in [-0.1, -0.05) is 12.8 Å². The van der Waals surface area contributed by atoms with E-state index in [1.165, 1.54) is 0 Å². The van der Waals surface area contributed by atoms with E-state index in [0.717, 1.165) is 60.9 Å². The highest BCUT2D eigenvalue weighted by Gasteiger charge is 2.41. The van der Waals surface area contributed by atoms with Gasteiger partial charge in [0.2, 0.25) is 0 Å². The van der Waals surface area contributed by atoms with E-state index in [1.54, 1.807) is 6.20 Å². The van der Waals surface area contributed by atoms with Gasteiger partial charge in [0.15, 0.2) is 5.82 Å². The summed E-state index contributed by atoms with van der Waals surface area (Å²) in [6.45, 7) is 4.04. The van der Waals surface area contributed by atoms with Gasteiger partial charge in [0, 0.05) is 42.7 Å². The number of carbonyl (C=O) groups excluding carboxylic acids is 1. The minimum absolute atomic E-state index is 0.0602. The molecule has 2 aromatic heterocycles. The summed E-state index contributed by atoms with van der Waals surface area (Å²) in [5.74, 6) is 0.399. The lowest BCUT2D eigenvalue weighted by atomic mass is 9.85. The Bertz CT molecular complexity index is 1430. The number of carbonyl (C=O) groups is 1. The van der Waals surface area contributed by atoms with E-state index in [-0.39, 0.29) is 29.0 Å². The van der Waals surface area contributed by atoms with Crippen LogP contribution in [0.3, 0.4) is 0 Å². The zero-order chi connectivity index (χ0) is 24.9. The lowest BCUT2D eigenvalue weighted by Crippen LogP contribution is -2.49. The molecule has 1 aromatic carbocycles. The largest absolute Gasteiger partial charge is 0.381 e. The number of H-pyrrole nitrogens is 1. The lowest BCUT2D eigenvalue weighted by molar-refractivity contribution is -0.0110. The highest BCUT2D eigenvalue weighted by Crippen LogP contribution is 2.38. The van der Waals surface area contributed by atoms with Gasteiger partial charge in [0.1, 0.15) is 5.39 Å². The molecule has 3 aliphatic rings. The fraction of sp³-hybridized carbons (Fsp3) is 0.481. The van der Waals surface area contributed by atoms with E-state index >= 15 is 0 Å². The predicted octanol–water partition coefficient (Wildman–Crippen LogP) is 4.25. The van der Waals surface area contributed by atoms with Gasteiger partial charge in [-0.2, -0.15) is 10.4 Å². The highest BCUT2D eigenvalue weighted by molar-refractivity contribution is 5.99. The third-order valence-electron chi connectivity index (χ3n) is 8.23. The standard InChI is InChI=1S/C27H30N6O3/c1-27(9-12-36-13-10-27)32-16-18-14-19(6-7-20(18)26(32)35)30-24-23-22(8-11-29-25(23)34)33(31-24)21-5-3-2-4-17(21)15-28/h6-8,11,14,17,21H,2-5,9-10,12-13,16H2,1H3,(H,29,34)(H,30,31). The summed E-state index contributed by atoms with van der Waals surface area (Å²) in [7, 11) is 0. The molecule has 1 saturated heterocycles. The second kappa shape index (κ2) is 8.79. The molecule has 0 radical (unpaired) electrons. The van der Waals surface area contributed by atoms with Crippen LogP contribution in [0, 0.1) is 17.2 Å². The molecule has 0 spiro atoms. The molecule has 0 bridgehead atoms. The van der Waals surface area contributed by atoms with Crippen molar-refractivity contribution in [3.05, 3.63) is 51.9 Å². The van der Waals surface area contributed by atoms with Crippen LogP contribution in [-0.2, 0) is 11.3 Å². The van der Waals surface area contributed by atoms with E-state index in [2.05, 4.69) is 23.3 Å². The normalized spacial score (nSPS) is 23.4. The summed E-state index contributed by atoms with van der Waals surface area (Å²) in [5, 5.41) is 18.4. The molecule has 9 nitrogen and oxygen atoms in total. The van der Waals surface area contributed by atoms with E-state index in [1.807, 2.05) is 33.8 Å². The highest BCUT2D eigenvalue weighted by atomic mass is 16.5. The van der Waals surface area contributed by atoms with Gasteiger partial charge in [-0.05, 0) is 62.4 Å². The number of fused-ring (bicyclic) bond motifs is 2. The van der Waals surface area contributed by atoms with Gasteiger partial charge in [-0.3, -0.25) is 14.3 Å². The van der Waals surface area contributed by atoms with Crippen LogP contribution in [0.5, 0.6) is 0 Å². The molecule has 3 aromatic rings. The van der Waals surface area contributed by atoms with Gasteiger partial charge in [-0.25, -0.2) is 0 Å². The number of ether oxygens (including phenoxy) is 1. The molecule has 1 aliphatic carbocycles. The molecule has 1 saturated carbocycles. The van der Waals surface area contributed by atoms with Crippen molar-refractivity contribution in [1.82, 2.24) is 19.7 Å². The predicted molar refractivity (Wildman–Crippen MR) is 135 cm³/mol. The minimum Gasteiger partial charge on any atom is -0.381 e. The van der Waals surface area contributed by atoms with Crippen LogP contribution in [0.25, 0.3) is 10.9 Å². The zero-order valence-corrected chi connectivity index (χ0v) is 20.4. The number of nitrogens with one attached hydrogen (secondary N) is 2. The molecular weight excluding hydrogens is 456 g/mol. The number of amides is 1. The average Bonchev–Trinajstić information content (AvgIpc) is 3.43. The number of anilines is 2. The Morgan fingerprint density at radius 3 is 2.81 bits per heavy atom. The quantitative estimate of drug-likeness (QED) is 0.570. The van der Waals surface area contributed by atoms with Crippen molar-refractivity contribution >= 4 is 28.3 Å². The van der Waals surface area contributed by atoms with Crippen molar-refractivity contribution in [2.24, 2.45) is 5.92 Å². The third kappa shape index (κ3) is 3.68. The number of nitrogens with zero attached hydrogens (tertiary/aromatic N) is 4. The van der Waals surface area contributed by atoms with Crippen molar-refractivity contribution in [2.75, 3.05) is 18.5 Å². The minimum atomic E-state index is -0.222. The van der Waals surface area contributed by atoms with Crippen LogP contribution in [0.15, 0.2) is 35.3 Å². The maximum atomic E-state index is 13.2. The van der Waals surface area contributed by atoms with Crippen LogP contribution in [0.4, 0.5) is 11.5 Å². The van der Waals surface area contributed by atoms with Gasteiger partial charge < -0.3 is 19.9 Å². The van der Waals surface area contributed by atoms with Crippen molar-refractivity contribution in [1.29, 1.82) is 5.26 Å². The van der Waals surface area contributed by atoms with Gasteiger partial charge in [-0.15, -0.1) is 0 Å². The zero-order valence-electron chi connectivity index (χ0n) is 20.4. The maximum absolute atomic E-state index is 13.2. The topological polar surface area (TPSA) is 116 Å². The molecule has 4 heterocycles. The molecule has 2 aliphatic heterocycles. The Kier molecular flexibility index (Phi) is 5.56. The molecule has 1 amide bonds. The molecule has 6 rings (SSSR count). The van der Waals surface area contributed by atoms with E-state index in [4.69, 9.17) is 9.84 Å². The number of pyridine rings is 1. The number of aromatic nitrogens is 3. The van der Waals surface area contributed by atoms with Crippen LogP contribution < -0.4 is 10.9 Å². The first-order chi connectivity index (χ1) is 17.5. The molecule has 2 unspecified atom stereocenters. The van der Waals surface area contributed by atoms with Crippen LogP contribution in [-0.4, -0.2) is 44.3 Å². The van der Waals surface area contributed by atoms with Crippen molar-refractivity contribution in [2.45, 2.75) is 63.6 Å².